The molecule has 1 heterocycles. The minimum atomic E-state index is -2.02. The Kier molecular flexibility index (Phi) is 38.3. The molecule has 1 aliphatic heterocycles. The first-order valence-electron chi connectivity index (χ1n) is 33.3. The van der Waals surface area contributed by atoms with Gasteiger partial charge in [0.2, 0.25) is 94.5 Å². The number of aliphatic hydroxyl groups is 4. The van der Waals surface area contributed by atoms with Crippen molar-refractivity contribution in [2.75, 3.05) is 13.2 Å². The SMILES string of the molecule is CC(C)C[C@H](NC(=O)[C@H](CCC(=O)O)NC(=O)[C@@H]1CCCN1C(=O)[C@H](CC(N)=O)NC(=O)[C@H](CC(N)=O)NC(=O)[C@H](CO)NC(=O)[C@H](C)NC(=O)[C@H](C)NC(=O)[C@@H](NC(=O)[C@H](C)N)C(C)C)C(=O)N[C@H](C(=O)N[C@H](C(=O)N[C@@H](CC(C)C)C(=O)N[C@H](C(=O)N[C@@H](C)C(=O)O)[C@@H](C)O)[C@@H](C)O)[C@@H](C)O. The maximum absolute atomic E-state index is 14.4. The quantitative estimate of drug-likeness (QED) is 0.0269. The zero-order valence-corrected chi connectivity index (χ0v) is 59.9. The number of nitrogens with one attached hydrogen (secondary N) is 13. The summed E-state index contributed by atoms with van der Waals surface area (Å²) in [7, 11) is 0. The molecule has 0 bridgehead atoms. The molecule has 0 spiro atoms. The van der Waals surface area contributed by atoms with E-state index in [9.17, 15) is 117 Å². The second-order valence-corrected chi connectivity index (χ2v) is 26.5. The van der Waals surface area contributed by atoms with Gasteiger partial charge < -0.3 is 122 Å². The molecule has 1 aliphatic rings. The highest BCUT2D eigenvalue weighted by molar-refractivity contribution is 6.02. The largest absolute Gasteiger partial charge is 0.481 e. The van der Waals surface area contributed by atoms with Crippen molar-refractivity contribution >= 4 is 106 Å². The number of nitrogens with two attached hydrogens (primary N) is 3. The van der Waals surface area contributed by atoms with Crippen LogP contribution in [-0.2, 0) is 86.3 Å². The molecule has 0 radical (unpaired) electrons. The van der Waals surface area contributed by atoms with E-state index in [0.717, 1.165) is 32.6 Å². The van der Waals surface area contributed by atoms with Crippen molar-refractivity contribution in [2.24, 2.45) is 35.0 Å². The van der Waals surface area contributed by atoms with Crippen LogP contribution in [0.1, 0.15) is 141 Å². The molecule has 18 atom stereocenters. The maximum Gasteiger partial charge on any atom is 0.325 e. The van der Waals surface area contributed by atoms with Crippen LogP contribution in [-0.4, -0.2) is 264 Å². The monoisotopic (exact) mass is 1470 g/mol. The second kappa shape index (κ2) is 43.3. The Labute approximate surface area is 594 Å². The number of nitrogens with zero attached hydrogens (tertiary/aromatic N) is 1. The van der Waals surface area contributed by atoms with E-state index in [1.165, 1.54) is 20.8 Å². The van der Waals surface area contributed by atoms with Gasteiger partial charge in [0, 0.05) is 13.0 Å². The number of carbonyl (C=O) groups excluding carboxylic acids is 16. The van der Waals surface area contributed by atoms with E-state index >= 15 is 0 Å². The summed E-state index contributed by atoms with van der Waals surface area (Å²) in [6.45, 7) is 16.5. The number of aliphatic carboxylic acids is 2. The average Bonchev–Trinajstić information content (AvgIpc) is 1.79. The molecule has 0 unspecified atom stereocenters. The van der Waals surface area contributed by atoms with Crippen molar-refractivity contribution in [1.82, 2.24) is 74.0 Å². The molecule has 0 aromatic rings. The summed E-state index contributed by atoms with van der Waals surface area (Å²) >= 11 is 0. The van der Waals surface area contributed by atoms with Crippen LogP contribution >= 0.6 is 0 Å². The highest BCUT2D eigenvalue weighted by Crippen LogP contribution is 2.21. The van der Waals surface area contributed by atoms with Crippen molar-refractivity contribution in [3.8, 4) is 0 Å². The third kappa shape index (κ3) is 31.2. The van der Waals surface area contributed by atoms with E-state index in [-0.39, 0.29) is 38.1 Å². The van der Waals surface area contributed by atoms with E-state index in [2.05, 4.69) is 69.1 Å². The van der Waals surface area contributed by atoms with Gasteiger partial charge in [-0.2, -0.15) is 0 Å². The van der Waals surface area contributed by atoms with Gasteiger partial charge in [0.05, 0.1) is 43.8 Å². The molecule has 1 saturated heterocycles. The van der Waals surface area contributed by atoms with Gasteiger partial charge in [-0.25, -0.2) is 0 Å². The molecular weight excluding hydrogens is 1370 g/mol. The van der Waals surface area contributed by atoms with Crippen LogP contribution in [0.4, 0.5) is 0 Å². The fraction of sp³-hybridized carbons (Fsp3) is 0.710. The lowest BCUT2D eigenvalue weighted by Crippen LogP contribution is -2.64. The van der Waals surface area contributed by atoms with Crippen LogP contribution in [0.5, 0.6) is 0 Å². The second-order valence-electron chi connectivity index (χ2n) is 26.5. The molecule has 41 nitrogen and oxygen atoms in total. The third-order valence-corrected chi connectivity index (χ3v) is 15.8. The molecule has 103 heavy (non-hydrogen) atoms. The number of hydrogen-bond acceptors (Lipinski definition) is 23. The first-order valence-corrected chi connectivity index (χ1v) is 33.3. The van der Waals surface area contributed by atoms with Crippen LogP contribution in [0.3, 0.4) is 0 Å². The molecule has 25 N–H and O–H groups in total. The van der Waals surface area contributed by atoms with Gasteiger partial charge in [-0.15, -0.1) is 0 Å². The molecule has 16 amide bonds. The zero-order valence-electron chi connectivity index (χ0n) is 59.9. The lowest BCUT2D eigenvalue weighted by molar-refractivity contribution is -0.144. The Morgan fingerprint density at radius 1 is 0.408 bits per heavy atom. The van der Waals surface area contributed by atoms with Gasteiger partial charge in [-0.1, -0.05) is 41.5 Å². The first-order chi connectivity index (χ1) is 47.6. The normalized spacial score (nSPS) is 17.7. The highest BCUT2D eigenvalue weighted by atomic mass is 16.4. The number of rotatable bonds is 44. The van der Waals surface area contributed by atoms with Crippen molar-refractivity contribution < 1.29 is 117 Å². The zero-order chi connectivity index (χ0) is 79.4. The predicted octanol–water partition coefficient (Wildman–Crippen LogP) is -9.73. The topological polar surface area (TPSA) is 666 Å². The van der Waals surface area contributed by atoms with Crippen molar-refractivity contribution in [3.05, 3.63) is 0 Å². The Balaban J connectivity index is 3.45. The van der Waals surface area contributed by atoms with Crippen LogP contribution in [0.15, 0.2) is 0 Å². The number of aliphatic hydroxyl groups excluding tert-OH is 4. The van der Waals surface area contributed by atoms with Crippen LogP contribution < -0.4 is 86.3 Å². The van der Waals surface area contributed by atoms with E-state index in [1.807, 2.05) is 0 Å². The molecule has 1 rings (SSSR count). The van der Waals surface area contributed by atoms with E-state index < -0.39 is 260 Å². The molecule has 41 heteroatoms. The molecule has 0 saturated carbocycles. The molecule has 0 aliphatic carbocycles. The summed E-state index contributed by atoms with van der Waals surface area (Å²) in [4.78, 5) is 239. The van der Waals surface area contributed by atoms with Crippen LogP contribution in [0.25, 0.3) is 0 Å². The third-order valence-electron chi connectivity index (χ3n) is 15.8. The van der Waals surface area contributed by atoms with Crippen LogP contribution in [0, 0.1) is 17.8 Å². The number of primary amides is 2. The number of carbonyl (C=O) groups is 18. The molecule has 0 aromatic carbocycles. The van der Waals surface area contributed by atoms with Gasteiger partial charge in [-0.3, -0.25) is 86.3 Å². The summed E-state index contributed by atoms with van der Waals surface area (Å²) in [5.74, 6) is -21.9. The number of likely N-dealkylation sites (tertiary alicyclic amines) is 1. The van der Waals surface area contributed by atoms with Gasteiger partial charge in [-0.05, 0) is 98.3 Å². The smallest absolute Gasteiger partial charge is 0.325 e. The highest BCUT2D eigenvalue weighted by Gasteiger charge is 2.43. The summed E-state index contributed by atoms with van der Waals surface area (Å²) < 4.78 is 0. The Hall–Kier alpha value is -9.74. The first kappa shape index (κ1) is 91.3. The number of hydrogen-bond donors (Lipinski definition) is 22. The van der Waals surface area contributed by atoms with E-state index in [1.54, 1.807) is 41.5 Å². The minimum Gasteiger partial charge on any atom is -0.481 e. The van der Waals surface area contributed by atoms with Crippen molar-refractivity contribution in [3.63, 3.8) is 0 Å². The Morgan fingerprint density at radius 2 is 0.757 bits per heavy atom. The van der Waals surface area contributed by atoms with E-state index in [4.69, 9.17) is 17.2 Å². The van der Waals surface area contributed by atoms with Crippen LogP contribution in [0.2, 0.25) is 0 Å². The summed E-state index contributed by atoms with van der Waals surface area (Å²) in [6, 6.07) is -24.3. The van der Waals surface area contributed by atoms with Gasteiger partial charge in [0.1, 0.15) is 84.6 Å². The fourth-order valence-corrected chi connectivity index (χ4v) is 10.0. The minimum absolute atomic E-state index is 0.0616. The van der Waals surface area contributed by atoms with Gasteiger partial charge in [0.15, 0.2) is 0 Å². The lowest BCUT2D eigenvalue weighted by atomic mass is 10.0. The molecule has 1 fully saturated rings. The summed E-state index contributed by atoms with van der Waals surface area (Å²) in [5, 5.41) is 90.7. The van der Waals surface area contributed by atoms with Gasteiger partial charge in [0.25, 0.3) is 0 Å². The Bertz CT molecular complexity index is 3060. The number of amides is 16. The maximum atomic E-state index is 14.4. The summed E-state index contributed by atoms with van der Waals surface area (Å²) in [5.41, 5.74) is 16.5. The standard InChI is InChI=1S/C62H105N17O24/c1-24(2)19-35(53(93)77-47(33(13)83)60(100)78-46(32(12)82)59(99)72-36(20-25(3)4)54(94)76-45(31(11)81)58(98)68-30(10)62(102)103)70-51(91)34(16-17-43(86)87)69-56(96)40-15-14-18-79(40)61(101)38(22-42(65)85)73-52(92)37(21-41(64)84)71-55(95)39(23-80)74-50(90)29(9)66-49(89)28(8)67-57(97)44(26(5)6)75-48(88)27(7)63/h24-40,44-47,80-83H,14-23,63H2,1-13H3,(H2,64,84)(H2,65,85)(H,66,89)(H,67,97)(H,68,98)(H,69,96)(H,70,91)(H,71,95)(H,72,99)(H,73,92)(H,74,90)(H,75,88)(H,76,94)(H,77,93)(H,78,100)(H,86,87)(H,102,103)/t27-,28-,29-,30-,31+,32+,33+,34-,35-,36-,37-,38-,39-,40-,44-,45-,46-,47-/m0/s1. The van der Waals surface area contributed by atoms with Crippen molar-refractivity contribution in [2.45, 2.75) is 250 Å². The average molecular weight is 1470 g/mol. The summed E-state index contributed by atoms with van der Waals surface area (Å²) in [6.07, 6.45) is -9.03. The van der Waals surface area contributed by atoms with E-state index in [0.29, 0.717) is 0 Å². The Morgan fingerprint density at radius 3 is 1.18 bits per heavy atom. The number of carboxylic acids is 2. The van der Waals surface area contributed by atoms with Gasteiger partial charge >= 0.3 is 11.9 Å². The molecule has 0 aromatic heterocycles. The molecular formula is C62H105N17O24. The van der Waals surface area contributed by atoms with Crippen molar-refractivity contribution in [1.29, 1.82) is 0 Å². The predicted molar refractivity (Wildman–Crippen MR) is 359 cm³/mol. The fourth-order valence-electron chi connectivity index (χ4n) is 10.0. The lowest BCUT2D eigenvalue weighted by Gasteiger charge is -2.31. The number of carboxylic acid groups (broad SMARTS) is 2. The molecule has 582 valence electrons.